The van der Waals surface area contributed by atoms with Crippen LogP contribution < -0.4 is 5.43 Å². The van der Waals surface area contributed by atoms with Crippen LogP contribution in [0.5, 0.6) is 0 Å². The van der Waals surface area contributed by atoms with Gasteiger partial charge in [-0.05, 0) is 37.7 Å². The summed E-state index contributed by atoms with van der Waals surface area (Å²) in [4.78, 5) is 11.7. The molecule has 1 amide bonds. The molecule has 1 atom stereocenters. The van der Waals surface area contributed by atoms with Crippen molar-refractivity contribution in [1.29, 1.82) is 0 Å². The van der Waals surface area contributed by atoms with Gasteiger partial charge in [0, 0.05) is 6.42 Å². The second-order valence-electron chi connectivity index (χ2n) is 7.72. The predicted molar refractivity (Wildman–Crippen MR) is 123 cm³/mol. The Balaban J connectivity index is 1.90. The molecule has 0 aliphatic rings. The average Bonchev–Trinajstić information content (AvgIpc) is 2.73. The number of benzene rings is 1. The summed E-state index contributed by atoms with van der Waals surface area (Å²) >= 11 is 0. The average molecular weight is 401 g/mol. The van der Waals surface area contributed by atoms with E-state index in [1.165, 1.54) is 32.1 Å². The molecule has 0 bridgehead atoms. The van der Waals surface area contributed by atoms with E-state index in [-0.39, 0.29) is 12.0 Å². The first-order valence-electron chi connectivity index (χ1n) is 11.4. The van der Waals surface area contributed by atoms with Crippen molar-refractivity contribution in [3.8, 4) is 0 Å². The third kappa shape index (κ3) is 15.6. The van der Waals surface area contributed by atoms with Crippen molar-refractivity contribution in [2.75, 3.05) is 0 Å². The van der Waals surface area contributed by atoms with Gasteiger partial charge in [0.2, 0.25) is 5.91 Å². The molecule has 0 fully saturated rings. The lowest BCUT2D eigenvalue weighted by atomic mass is 10.1. The van der Waals surface area contributed by atoms with Crippen LogP contribution in [0.1, 0.15) is 96.0 Å². The molecule has 4 heteroatoms. The van der Waals surface area contributed by atoms with Gasteiger partial charge in [0.1, 0.15) is 0 Å². The lowest BCUT2D eigenvalue weighted by Gasteiger charge is -2.07. The Labute approximate surface area is 177 Å². The first-order valence-corrected chi connectivity index (χ1v) is 11.4. The molecule has 0 saturated heterocycles. The van der Waals surface area contributed by atoms with Crippen LogP contribution in [0.4, 0.5) is 0 Å². The van der Waals surface area contributed by atoms with Gasteiger partial charge in [-0.25, -0.2) is 5.43 Å². The summed E-state index contributed by atoms with van der Waals surface area (Å²) in [5, 5.41) is 13.9. The number of nitrogens with zero attached hydrogens (tertiary/aromatic N) is 1. The molecule has 4 nitrogen and oxygen atoms in total. The van der Waals surface area contributed by atoms with Crippen molar-refractivity contribution < 1.29 is 9.90 Å². The quantitative estimate of drug-likeness (QED) is 0.143. The molecule has 0 aliphatic heterocycles. The van der Waals surface area contributed by atoms with Crippen LogP contribution in [0.2, 0.25) is 0 Å². The fourth-order valence-corrected chi connectivity index (χ4v) is 3.15. The van der Waals surface area contributed by atoms with E-state index in [2.05, 4.69) is 29.6 Å². The van der Waals surface area contributed by atoms with Crippen molar-refractivity contribution in [3.05, 3.63) is 48.0 Å². The number of unbranched alkanes of at least 4 members (excludes halogenated alkanes) is 8. The standard InChI is InChI=1S/C25H40N2O2/c1-2-3-4-14-19-24(28)20-15-9-7-5-6-8-10-16-21-25(29)27-26-22-23-17-12-11-13-18-23/h9,11-13,15,17-18,22,24,28H,2-8,10,14,16,19-21H2,1H3,(H,27,29)/b15-9-,26-22+. The highest BCUT2D eigenvalue weighted by molar-refractivity contribution is 5.82. The van der Waals surface area contributed by atoms with Gasteiger partial charge in [-0.1, -0.05) is 94.4 Å². The summed E-state index contributed by atoms with van der Waals surface area (Å²) in [6.07, 6.45) is 19.6. The molecule has 0 aliphatic carbocycles. The topological polar surface area (TPSA) is 61.7 Å². The van der Waals surface area contributed by atoms with E-state index in [9.17, 15) is 9.90 Å². The van der Waals surface area contributed by atoms with Crippen LogP contribution in [0, 0.1) is 0 Å². The molecule has 29 heavy (non-hydrogen) atoms. The minimum atomic E-state index is -0.175. The Bertz CT molecular complexity index is 569. The first kappa shape index (κ1) is 25.1. The zero-order valence-corrected chi connectivity index (χ0v) is 18.2. The first-order chi connectivity index (χ1) is 14.2. The zero-order chi connectivity index (χ0) is 21.0. The SMILES string of the molecule is CCCCCCC(O)C/C=C\CCCCCCCC(=O)N/N=C/c1ccccc1. The zero-order valence-electron chi connectivity index (χ0n) is 18.2. The molecule has 0 aromatic heterocycles. The Morgan fingerprint density at radius 1 is 1.00 bits per heavy atom. The number of nitrogens with one attached hydrogen (secondary N) is 1. The van der Waals surface area contributed by atoms with Gasteiger partial charge < -0.3 is 5.11 Å². The summed E-state index contributed by atoms with van der Waals surface area (Å²) in [6.45, 7) is 2.21. The van der Waals surface area contributed by atoms with E-state index in [0.717, 1.165) is 50.5 Å². The summed E-state index contributed by atoms with van der Waals surface area (Å²) in [7, 11) is 0. The molecule has 1 aromatic rings. The summed E-state index contributed by atoms with van der Waals surface area (Å²) in [5.41, 5.74) is 3.56. The van der Waals surface area contributed by atoms with Gasteiger partial charge in [-0.3, -0.25) is 4.79 Å². The number of hydrazone groups is 1. The van der Waals surface area contributed by atoms with E-state index in [4.69, 9.17) is 0 Å². The predicted octanol–water partition coefficient (Wildman–Crippen LogP) is 6.15. The van der Waals surface area contributed by atoms with Gasteiger partial charge in [-0.15, -0.1) is 0 Å². The highest BCUT2D eigenvalue weighted by Gasteiger charge is 2.01. The highest BCUT2D eigenvalue weighted by Crippen LogP contribution is 2.10. The van der Waals surface area contributed by atoms with Crippen molar-refractivity contribution in [2.45, 2.75) is 96.5 Å². The van der Waals surface area contributed by atoms with Gasteiger partial charge >= 0.3 is 0 Å². The molecule has 162 valence electrons. The molecule has 0 radical (unpaired) electrons. The summed E-state index contributed by atoms with van der Waals surface area (Å²) in [6, 6.07) is 9.73. The van der Waals surface area contributed by atoms with E-state index in [1.54, 1.807) is 6.21 Å². The Kier molecular flexibility index (Phi) is 15.7. The van der Waals surface area contributed by atoms with Crippen LogP contribution >= 0.6 is 0 Å². The van der Waals surface area contributed by atoms with E-state index in [1.807, 2.05) is 30.3 Å². The minimum absolute atomic E-state index is 0.0200. The van der Waals surface area contributed by atoms with Crippen LogP contribution in [-0.2, 0) is 4.79 Å². The van der Waals surface area contributed by atoms with Crippen molar-refractivity contribution in [2.24, 2.45) is 5.10 Å². The van der Waals surface area contributed by atoms with Gasteiger partial charge in [0.25, 0.3) is 0 Å². The Hall–Kier alpha value is -1.94. The van der Waals surface area contributed by atoms with E-state index in [0.29, 0.717) is 6.42 Å². The third-order valence-electron chi connectivity index (χ3n) is 4.94. The largest absolute Gasteiger partial charge is 0.393 e. The minimum Gasteiger partial charge on any atom is -0.393 e. The Morgan fingerprint density at radius 3 is 2.52 bits per heavy atom. The molecular weight excluding hydrogens is 360 g/mol. The van der Waals surface area contributed by atoms with E-state index >= 15 is 0 Å². The fourth-order valence-electron chi connectivity index (χ4n) is 3.15. The highest BCUT2D eigenvalue weighted by atomic mass is 16.3. The lowest BCUT2D eigenvalue weighted by Crippen LogP contribution is -2.16. The number of rotatable bonds is 17. The van der Waals surface area contributed by atoms with Crippen molar-refractivity contribution >= 4 is 12.1 Å². The summed E-state index contributed by atoms with van der Waals surface area (Å²) in [5.74, 6) is -0.0200. The van der Waals surface area contributed by atoms with Crippen molar-refractivity contribution in [3.63, 3.8) is 0 Å². The maximum absolute atomic E-state index is 11.7. The number of aliphatic hydroxyl groups excluding tert-OH is 1. The lowest BCUT2D eigenvalue weighted by molar-refractivity contribution is -0.121. The smallest absolute Gasteiger partial charge is 0.240 e. The number of carbonyl (C=O) groups excluding carboxylic acids is 1. The van der Waals surface area contributed by atoms with Crippen LogP contribution in [0.3, 0.4) is 0 Å². The number of carbonyl (C=O) groups is 1. The maximum Gasteiger partial charge on any atom is 0.240 e. The second-order valence-corrected chi connectivity index (χ2v) is 7.72. The third-order valence-corrected chi connectivity index (χ3v) is 4.94. The number of allylic oxidation sites excluding steroid dienone is 1. The number of amides is 1. The molecular formula is C25H40N2O2. The normalized spacial score (nSPS) is 12.6. The van der Waals surface area contributed by atoms with Crippen molar-refractivity contribution in [1.82, 2.24) is 5.43 Å². The number of aliphatic hydroxyl groups is 1. The molecule has 1 rings (SSSR count). The van der Waals surface area contributed by atoms with Crippen LogP contribution in [0.25, 0.3) is 0 Å². The Morgan fingerprint density at radius 2 is 1.72 bits per heavy atom. The number of hydrogen-bond donors (Lipinski definition) is 2. The number of hydrogen-bond acceptors (Lipinski definition) is 3. The molecule has 2 N–H and O–H groups in total. The second kappa shape index (κ2) is 18.1. The molecule has 1 aromatic carbocycles. The molecule has 0 heterocycles. The maximum atomic E-state index is 11.7. The molecule has 1 unspecified atom stereocenters. The summed E-state index contributed by atoms with van der Waals surface area (Å²) < 4.78 is 0. The van der Waals surface area contributed by atoms with Crippen LogP contribution in [0.15, 0.2) is 47.6 Å². The molecule has 0 saturated carbocycles. The van der Waals surface area contributed by atoms with Crippen LogP contribution in [-0.4, -0.2) is 23.3 Å². The monoisotopic (exact) mass is 400 g/mol. The van der Waals surface area contributed by atoms with Gasteiger partial charge in [0.05, 0.1) is 12.3 Å². The van der Waals surface area contributed by atoms with Gasteiger partial charge in [-0.2, -0.15) is 5.10 Å². The van der Waals surface area contributed by atoms with E-state index < -0.39 is 0 Å². The molecule has 0 spiro atoms. The van der Waals surface area contributed by atoms with Gasteiger partial charge in [0.15, 0.2) is 0 Å². The fraction of sp³-hybridized carbons (Fsp3) is 0.600.